The topological polar surface area (TPSA) is 74.5 Å². The molecule has 1 fully saturated rings. The molecular formula is C16H29IN6O. The smallest absolute Gasteiger partial charge is 0.230 e. The predicted octanol–water partition coefficient (Wildman–Crippen LogP) is 1.31. The average molecular weight is 448 g/mol. The lowest BCUT2D eigenvalue weighted by Crippen LogP contribution is -2.49. The average Bonchev–Trinajstić information content (AvgIpc) is 3.22. The van der Waals surface area contributed by atoms with Gasteiger partial charge in [0.15, 0.2) is 5.96 Å². The summed E-state index contributed by atoms with van der Waals surface area (Å²) in [4.78, 5) is 22.5. The molecule has 1 aliphatic carbocycles. The van der Waals surface area contributed by atoms with Crippen molar-refractivity contribution < 1.29 is 4.79 Å². The zero-order chi connectivity index (χ0) is 16.7. The van der Waals surface area contributed by atoms with E-state index in [-0.39, 0.29) is 35.3 Å². The third-order valence-electron chi connectivity index (χ3n) is 4.46. The molecule has 0 bridgehead atoms. The number of amides is 1. The van der Waals surface area contributed by atoms with Crippen LogP contribution in [0.3, 0.4) is 0 Å². The van der Waals surface area contributed by atoms with Crippen LogP contribution in [0.2, 0.25) is 0 Å². The summed E-state index contributed by atoms with van der Waals surface area (Å²) in [5, 5.41) is 6.62. The van der Waals surface area contributed by atoms with E-state index in [9.17, 15) is 4.79 Å². The van der Waals surface area contributed by atoms with Gasteiger partial charge < -0.3 is 20.1 Å². The summed E-state index contributed by atoms with van der Waals surface area (Å²) in [5.74, 6) is 0.958. The molecule has 7 nitrogen and oxygen atoms in total. The molecule has 24 heavy (non-hydrogen) atoms. The number of nitrogens with one attached hydrogen (secondary N) is 2. The van der Waals surface area contributed by atoms with Gasteiger partial charge in [0.2, 0.25) is 5.91 Å². The van der Waals surface area contributed by atoms with Crippen molar-refractivity contribution in [3.63, 3.8) is 0 Å². The van der Waals surface area contributed by atoms with Crippen LogP contribution in [0.15, 0.2) is 23.7 Å². The Labute approximate surface area is 161 Å². The maximum Gasteiger partial charge on any atom is 0.230 e. The Morgan fingerprint density at radius 1 is 1.33 bits per heavy atom. The number of aromatic nitrogens is 2. The number of carbonyl (C=O) groups excluding carboxylic acids is 1. The highest BCUT2D eigenvalue weighted by Crippen LogP contribution is 2.38. The number of carbonyl (C=O) groups is 1. The fraction of sp³-hybridized carbons (Fsp3) is 0.688. The molecule has 1 amide bonds. The first kappa shape index (κ1) is 20.7. The molecule has 0 unspecified atom stereocenters. The van der Waals surface area contributed by atoms with Gasteiger partial charge in [0.25, 0.3) is 0 Å². The van der Waals surface area contributed by atoms with E-state index in [1.54, 1.807) is 24.5 Å². The van der Waals surface area contributed by atoms with Gasteiger partial charge in [-0.2, -0.15) is 0 Å². The minimum absolute atomic E-state index is 0. The highest BCUT2D eigenvalue weighted by molar-refractivity contribution is 14.0. The number of rotatable bonds is 6. The van der Waals surface area contributed by atoms with Crippen LogP contribution in [0, 0.1) is 5.41 Å². The van der Waals surface area contributed by atoms with Crippen LogP contribution in [0.5, 0.6) is 0 Å². The van der Waals surface area contributed by atoms with E-state index in [2.05, 4.69) is 20.6 Å². The van der Waals surface area contributed by atoms with E-state index >= 15 is 0 Å². The molecule has 1 heterocycles. The molecule has 8 heteroatoms. The van der Waals surface area contributed by atoms with Crippen molar-refractivity contribution in [1.82, 2.24) is 25.1 Å². The third-order valence-corrected chi connectivity index (χ3v) is 4.46. The normalized spacial score (nSPS) is 16.4. The Morgan fingerprint density at radius 3 is 2.58 bits per heavy atom. The van der Waals surface area contributed by atoms with Crippen LogP contribution in [0.25, 0.3) is 0 Å². The van der Waals surface area contributed by atoms with Crippen molar-refractivity contribution in [1.29, 1.82) is 0 Å². The van der Waals surface area contributed by atoms with Gasteiger partial charge in [-0.1, -0.05) is 12.8 Å². The molecule has 0 radical (unpaired) electrons. The van der Waals surface area contributed by atoms with E-state index in [0.717, 1.165) is 44.7 Å². The zero-order valence-electron chi connectivity index (χ0n) is 14.8. The van der Waals surface area contributed by atoms with Crippen molar-refractivity contribution in [2.24, 2.45) is 10.4 Å². The molecule has 1 aromatic heterocycles. The van der Waals surface area contributed by atoms with Gasteiger partial charge in [0, 0.05) is 53.2 Å². The highest BCUT2D eigenvalue weighted by Gasteiger charge is 2.42. The molecule has 136 valence electrons. The van der Waals surface area contributed by atoms with Crippen molar-refractivity contribution in [3.8, 4) is 0 Å². The van der Waals surface area contributed by atoms with Crippen molar-refractivity contribution in [3.05, 3.63) is 18.7 Å². The van der Waals surface area contributed by atoms with Crippen LogP contribution >= 0.6 is 24.0 Å². The summed E-state index contributed by atoms with van der Waals surface area (Å²) in [5.41, 5.74) is -0.286. The SMILES string of the molecule is CN=C(NCCn1ccnc1)NCC1(C(=O)N(C)C)CCCC1.I. The van der Waals surface area contributed by atoms with Crippen LogP contribution in [0.4, 0.5) is 0 Å². The summed E-state index contributed by atoms with van der Waals surface area (Å²) < 4.78 is 2.01. The molecule has 0 aliphatic heterocycles. The Hall–Kier alpha value is -1.32. The van der Waals surface area contributed by atoms with Crippen LogP contribution in [0.1, 0.15) is 25.7 Å². The van der Waals surface area contributed by atoms with E-state index in [1.165, 1.54) is 0 Å². The second-order valence-electron chi connectivity index (χ2n) is 6.34. The second kappa shape index (κ2) is 9.85. The fourth-order valence-electron chi connectivity index (χ4n) is 3.19. The van der Waals surface area contributed by atoms with E-state index in [1.807, 2.05) is 24.9 Å². The number of hydrogen-bond donors (Lipinski definition) is 2. The summed E-state index contributed by atoms with van der Waals surface area (Å²) in [6, 6.07) is 0. The van der Waals surface area contributed by atoms with Gasteiger partial charge in [0.1, 0.15) is 0 Å². The summed E-state index contributed by atoms with van der Waals surface area (Å²) in [6.45, 7) is 2.21. The summed E-state index contributed by atoms with van der Waals surface area (Å²) in [6.07, 6.45) is 9.62. The molecule has 1 aliphatic rings. The van der Waals surface area contributed by atoms with Crippen molar-refractivity contribution in [2.75, 3.05) is 34.2 Å². The number of guanidine groups is 1. The molecule has 0 spiro atoms. The maximum atomic E-state index is 12.6. The Kier molecular flexibility index (Phi) is 8.51. The van der Waals surface area contributed by atoms with E-state index in [4.69, 9.17) is 0 Å². The Morgan fingerprint density at radius 2 is 2.04 bits per heavy atom. The second-order valence-corrected chi connectivity index (χ2v) is 6.34. The van der Waals surface area contributed by atoms with Gasteiger partial charge >= 0.3 is 0 Å². The quantitative estimate of drug-likeness (QED) is 0.391. The van der Waals surface area contributed by atoms with E-state index in [0.29, 0.717) is 6.54 Å². The number of imidazole rings is 1. The van der Waals surface area contributed by atoms with Crippen molar-refractivity contribution in [2.45, 2.75) is 32.2 Å². The Balaban J connectivity index is 0.00000288. The lowest BCUT2D eigenvalue weighted by atomic mass is 9.84. The van der Waals surface area contributed by atoms with Gasteiger partial charge in [-0.05, 0) is 12.8 Å². The van der Waals surface area contributed by atoms with Gasteiger partial charge in [0.05, 0.1) is 11.7 Å². The minimum Gasteiger partial charge on any atom is -0.355 e. The minimum atomic E-state index is -0.286. The molecule has 0 aromatic carbocycles. The molecule has 1 aromatic rings. The van der Waals surface area contributed by atoms with E-state index < -0.39 is 0 Å². The fourth-order valence-corrected chi connectivity index (χ4v) is 3.19. The first-order valence-corrected chi connectivity index (χ1v) is 8.19. The lowest BCUT2D eigenvalue weighted by molar-refractivity contribution is -0.138. The van der Waals surface area contributed by atoms with Crippen LogP contribution in [-0.2, 0) is 11.3 Å². The third kappa shape index (κ3) is 5.35. The predicted molar refractivity (Wildman–Crippen MR) is 107 cm³/mol. The largest absolute Gasteiger partial charge is 0.355 e. The highest BCUT2D eigenvalue weighted by atomic mass is 127. The van der Waals surface area contributed by atoms with Crippen LogP contribution < -0.4 is 10.6 Å². The summed E-state index contributed by atoms with van der Waals surface area (Å²) in [7, 11) is 5.42. The maximum absolute atomic E-state index is 12.6. The first-order chi connectivity index (χ1) is 11.1. The molecule has 2 N–H and O–H groups in total. The van der Waals surface area contributed by atoms with Gasteiger partial charge in [-0.25, -0.2) is 4.98 Å². The standard InChI is InChI=1S/C16H28N6O.HI/c1-17-15(19-9-11-22-10-8-18-13-22)20-12-16(6-4-5-7-16)14(23)21(2)3;/h8,10,13H,4-7,9,11-12H2,1-3H3,(H2,17,19,20);1H. The number of aliphatic imine (C=N–C) groups is 1. The van der Waals surface area contributed by atoms with Crippen LogP contribution in [-0.4, -0.2) is 60.6 Å². The molecule has 0 saturated heterocycles. The first-order valence-electron chi connectivity index (χ1n) is 8.19. The number of nitrogens with zero attached hydrogens (tertiary/aromatic N) is 4. The lowest BCUT2D eigenvalue weighted by Gasteiger charge is -2.31. The molecule has 1 saturated carbocycles. The zero-order valence-corrected chi connectivity index (χ0v) is 17.1. The summed E-state index contributed by atoms with van der Waals surface area (Å²) >= 11 is 0. The van der Waals surface area contributed by atoms with Gasteiger partial charge in [-0.3, -0.25) is 9.79 Å². The van der Waals surface area contributed by atoms with Crippen molar-refractivity contribution >= 4 is 35.8 Å². The monoisotopic (exact) mass is 448 g/mol. The van der Waals surface area contributed by atoms with Gasteiger partial charge in [-0.15, -0.1) is 24.0 Å². The molecule has 2 rings (SSSR count). The molecular weight excluding hydrogens is 419 g/mol. The molecule has 0 atom stereocenters. The Bertz CT molecular complexity index is 523. The number of halogens is 1. The number of hydrogen-bond acceptors (Lipinski definition) is 3.